The van der Waals surface area contributed by atoms with Gasteiger partial charge in [-0.2, -0.15) is 9.97 Å². The number of pyridine rings is 1. The Bertz CT molecular complexity index is 3800. The van der Waals surface area contributed by atoms with E-state index in [9.17, 15) is 19.2 Å². The normalized spacial score (nSPS) is 23.0. The number of hydrogen-bond acceptors (Lipinski definition) is 16. The van der Waals surface area contributed by atoms with Crippen molar-refractivity contribution in [2.24, 2.45) is 16.7 Å². The topological polar surface area (TPSA) is 185 Å². The number of likely N-dealkylation sites (tertiary alicyclic amines) is 1. The van der Waals surface area contributed by atoms with E-state index in [0.29, 0.717) is 102 Å². The third kappa shape index (κ3) is 13.2. The van der Waals surface area contributed by atoms with Crippen molar-refractivity contribution in [1.29, 1.82) is 0 Å². The summed E-state index contributed by atoms with van der Waals surface area (Å²) in [6.07, 6.45) is 9.26. The largest absolute Gasteiger partial charge is 0.468 e. The van der Waals surface area contributed by atoms with Crippen LogP contribution in [0.25, 0.3) is 32.9 Å². The fourth-order valence-corrected chi connectivity index (χ4v) is 22.7. The highest BCUT2D eigenvalue weighted by atomic mass is 28.3. The second-order valence-electron chi connectivity index (χ2n) is 30.7. The highest BCUT2D eigenvalue weighted by Gasteiger charge is 2.53. The smallest absolute Gasteiger partial charge is 0.411 e. The van der Waals surface area contributed by atoms with E-state index >= 15 is 4.39 Å². The monoisotopic (exact) mass is 1320 g/mol. The van der Waals surface area contributed by atoms with E-state index in [-0.39, 0.29) is 77.9 Å². The maximum absolute atomic E-state index is 18.4. The van der Waals surface area contributed by atoms with Gasteiger partial charge in [-0.05, 0) is 167 Å². The number of carbonyl (C=O) groups is 4. The van der Waals surface area contributed by atoms with E-state index in [1.807, 2.05) is 75.1 Å². The molecule has 2 saturated carbocycles. The number of hydrogen-bond donors (Lipinski definition) is 1. The first-order valence-corrected chi connectivity index (χ1v) is 37.3. The van der Waals surface area contributed by atoms with Gasteiger partial charge in [0.25, 0.3) is 5.91 Å². The van der Waals surface area contributed by atoms with Crippen molar-refractivity contribution in [3.05, 3.63) is 77.2 Å². The summed E-state index contributed by atoms with van der Waals surface area (Å²) in [4.78, 5) is 80.2. The maximum Gasteiger partial charge on any atom is 0.411 e. The average Bonchev–Trinajstić information content (AvgIpc) is 1.70. The van der Waals surface area contributed by atoms with Gasteiger partial charge in [-0.1, -0.05) is 59.6 Å². The summed E-state index contributed by atoms with van der Waals surface area (Å²) < 4.78 is 49.1. The summed E-state index contributed by atoms with van der Waals surface area (Å²) in [6.45, 7) is 31.5. The van der Waals surface area contributed by atoms with Crippen molar-refractivity contribution in [3.8, 4) is 34.5 Å². The van der Waals surface area contributed by atoms with Gasteiger partial charge in [-0.15, -0.1) is 5.54 Å². The number of amides is 4. The molecule has 6 aliphatic heterocycles. The zero-order valence-electron chi connectivity index (χ0n) is 57.7. The molecule has 21 heteroatoms. The Labute approximate surface area is 560 Å². The van der Waals surface area contributed by atoms with Gasteiger partial charge in [0.2, 0.25) is 11.8 Å². The molecule has 8 aliphatic rings. The summed E-state index contributed by atoms with van der Waals surface area (Å²) in [7, 11) is -0.609. The molecule has 508 valence electrons. The van der Waals surface area contributed by atoms with E-state index in [2.05, 4.69) is 84.0 Å². The van der Waals surface area contributed by atoms with E-state index in [1.165, 1.54) is 25.7 Å². The van der Waals surface area contributed by atoms with Gasteiger partial charge in [-0.3, -0.25) is 34.5 Å². The molecule has 5 saturated heterocycles. The number of anilines is 2. The average molecular weight is 1320 g/mol. The predicted octanol–water partition coefficient (Wildman–Crippen LogP) is 11.4. The molecule has 3 unspecified atom stereocenters. The first-order valence-electron chi connectivity index (χ1n) is 35.0. The van der Waals surface area contributed by atoms with Crippen LogP contribution in [0.4, 0.5) is 20.7 Å². The molecule has 2 aliphatic carbocycles. The van der Waals surface area contributed by atoms with Gasteiger partial charge in [-0.25, -0.2) is 9.18 Å². The molecule has 19 nitrogen and oxygen atoms in total. The number of piperazine rings is 2. The van der Waals surface area contributed by atoms with Crippen LogP contribution in [0.5, 0.6) is 11.8 Å². The maximum atomic E-state index is 18.4. The molecule has 13 rings (SSSR count). The van der Waals surface area contributed by atoms with Gasteiger partial charge in [0.1, 0.15) is 42.5 Å². The molecule has 5 aromatic rings. The van der Waals surface area contributed by atoms with E-state index in [1.54, 1.807) is 18.2 Å². The minimum Gasteiger partial charge on any atom is -0.468 e. The highest BCUT2D eigenvalue weighted by molar-refractivity contribution is 6.90. The minimum atomic E-state index is -2.18. The minimum absolute atomic E-state index is 0.000690. The molecule has 0 radical (unpaired) electrons. The summed E-state index contributed by atoms with van der Waals surface area (Å²) in [5, 5.41) is 4.45. The van der Waals surface area contributed by atoms with Gasteiger partial charge in [0.15, 0.2) is 12.6 Å². The molecule has 2 aromatic heterocycles. The number of aromatic nitrogens is 3. The first kappa shape index (κ1) is 66.6. The van der Waals surface area contributed by atoms with Crippen LogP contribution in [0.1, 0.15) is 149 Å². The lowest BCUT2D eigenvalue weighted by atomic mass is 9.57. The summed E-state index contributed by atoms with van der Waals surface area (Å²) in [5.41, 5.74) is 9.02. The Morgan fingerprint density at radius 3 is 2.29 bits per heavy atom. The lowest BCUT2D eigenvalue weighted by molar-refractivity contribution is -0.136. The van der Waals surface area contributed by atoms with Crippen LogP contribution >= 0.6 is 0 Å². The van der Waals surface area contributed by atoms with Crippen LogP contribution in [0.2, 0.25) is 16.6 Å². The third-order valence-corrected chi connectivity index (χ3v) is 28.7. The lowest BCUT2D eigenvalue weighted by Crippen LogP contribution is -2.58. The number of methoxy groups -OCH3 is 1. The zero-order chi connectivity index (χ0) is 66.9. The van der Waals surface area contributed by atoms with Gasteiger partial charge >= 0.3 is 12.1 Å². The van der Waals surface area contributed by atoms with Gasteiger partial charge in [0.05, 0.1) is 30.2 Å². The molecule has 4 atom stereocenters. The number of imide groups is 1. The molecule has 2 bridgehead atoms. The fourth-order valence-electron chi connectivity index (χ4n) is 17.5. The van der Waals surface area contributed by atoms with Gasteiger partial charge < -0.3 is 43.3 Å². The molecular formula is C74H97FN10O9Si. The van der Waals surface area contributed by atoms with Crippen molar-refractivity contribution in [2.75, 3.05) is 102 Å². The first-order chi connectivity index (χ1) is 45.5. The second-order valence-corrected chi connectivity index (χ2v) is 36.3. The Hall–Kier alpha value is -6.96. The number of benzene rings is 3. The number of nitrogens with one attached hydrogen (secondary N) is 1. The van der Waals surface area contributed by atoms with Crippen molar-refractivity contribution in [1.82, 2.24) is 39.9 Å². The number of fused-ring (bicyclic) bond motifs is 5. The number of ether oxygens (including phenoxy) is 5. The van der Waals surface area contributed by atoms with Crippen molar-refractivity contribution < 1.29 is 47.3 Å². The molecule has 4 amide bonds. The van der Waals surface area contributed by atoms with Crippen LogP contribution in [0.3, 0.4) is 0 Å². The molecule has 8 heterocycles. The quantitative estimate of drug-likeness (QED) is 0.0356. The number of rotatable bonds is 19. The molecule has 7 fully saturated rings. The number of nitrogens with zero attached hydrogens (tertiary/aromatic N) is 9. The highest BCUT2D eigenvalue weighted by Crippen LogP contribution is 2.55. The molecule has 3 aromatic carbocycles. The fraction of sp³-hybridized carbons (Fsp3) is 0.608. The molecule has 95 heavy (non-hydrogen) atoms. The summed E-state index contributed by atoms with van der Waals surface area (Å²) in [6, 6.07) is 14.8. The number of carbonyl (C=O) groups excluding carboxylic acids is 4. The zero-order valence-corrected chi connectivity index (χ0v) is 58.7. The van der Waals surface area contributed by atoms with Crippen molar-refractivity contribution in [2.45, 2.75) is 180 Å². The van der Waals surface area contributed by atoms with Crippen LogP contribution in [0, 0.1) is 34.0 Å². The molecule has 1 N–H and O–H groups in total. The van der Waals surface area contributed by atoms with E-state index in [0.717, 1.165) is 92.8 Å². The summed E-state index contributed by atoms with van der Waals surface area (Å²) >= 11 is 0. The standard InChI is InChI=1S/C74H97FN10O9Si/c1-12-91-61-34-54-41-83(42-60(61)85(54)71(89)94-72(8,9)10)67-58-38-76-65(57-35-55(93-45-90-11)33-51-15-13-14-50(63(51)57)20-31-95(46(2)3,47(4)5)48(6)7)64(75)66(58)78-70(79-67)92-44-74(21-22-74)43-81-25-23-73(24-26-81)36-49(37-73)39-80-27-29-82(30-28-80)53-16-17-56-52(32-53)40-84(69(56)88)59-18-19-62(86)77-68(59)87/h13-17,32-33,35,38,46-49,54,59-61H,12,18-19,21-30,34,36-37,39-45H2,1-11H3,(H,77,86,87)/t54?,59-,60?,61?/m0/s1. The van der Waals surface area contributed by atoms with Crippen LogP contribution in [0.15, 0.2) is 54.7 Å². The van der Waals surface area contributed by atoms with Crippen molar-refractivity contribution in [3.63, 3.8) is 0 Å². The Kier molecular flexibility index (Phi) is 18.6. The summed E-state index contributed by atoms with van der Waals surface area (Å²) in [5.74, 6) is 3.97. The van der Waals surface area contributed by atoms with Crippen LogP contribution in [-0.2, 0) is 30.3 Å². The molecular weight excluding hydrogens is 1220 g/mol. The number of piperidine rings is 2. The second kappa shape index (κ2) is 26.5. The van der Waals surface area contributed by atoms with Crippen molar-refractivity contribution >= 4 is 65.1 Å². The molecule has 1 spiro atoms. The SMILES string of the molecule is CCOC1CC2CN(c3nc(OCC4(CN5CCC6(CC5)CC(CN5CCN(c7ccc8c(c7)CN([C@H]7CCC(=O)NC7=O)C8=O)CC5)C6)CC4)nc4c(F)c(-c5cc(OCOC)cc6cccc(C#C[Si](C(C)C)(C(C)C)C(C)C)c56)ncc34)CC1N2C(=O)OC(C)(C)C. The number of halogens is 1. The van der Waals surface area contributed by atoms with Crippen LogP contribution < -0.4 is 24.6 Å². The van der Waals surface area contributed by atoms with Gasteiger partial charge in [0, 0.05) is 118 Å². The third-order valence-electron chi connectivity index (χ3n) is 22.4. The Balaban J connectivity index is 0.708. The van der Waals surface area contributed by atoms with Crippen LogP contribution in [-0.4, -0.2) is 189 Å². The van der Waals surface area contributed by atoms with E-state index < -0.39 is 25.5 Å². The Morgan fingerprint density at radius 1 is 0.863 bits per heavy atom. The van der Waals surface area contributed by atoms with E-state index in [4.69, 9.17) is 38.6 Å². The predicted molar refractivity (Wildman–Crippen MR) is 368 cm³/mol. The Morgan fingerprint density at radius 2 is 1.61 bits per heavy atom. The lowest BCUT2D eigenvalue weighted by Gasteiger charge is -2.54.